The van der Waals surface area contributed by atoms with E-state index < -0.39 is 0 Å². The second kappa shape index (κ2) is 6.80. The van der Waals surface area contributed by atoms with Gasteiger partial charge in [-0.3, -0.25) is 5.10 Å². The quantitative estimate of drug-likeness (QED) is 0.730. The fourth-order valence-electron chi connectivity index (χ4n) is 2.63. The Hall–Kier alpha value is -3.47. The zero-order valence-electron chi connectivity index (χ0n) is 13.7. The maximum Gasteiger partial charge on any atom is 0.158 e. The summed E-state index contributed by atoms with van der Waals surface area (Å²) in [6.07, 6.45) is 6.05. The number of hydrogen-bond acceptors (Lipinski definition) is 6. The summed E-state index contributed by atoms with van der Waals surface area (Å²) in [6, 6.07) is 8.36. The van der Waals surface area contributed by atoms with Crippen LogP contribution >= 0.6 is 0 Å². The van der Waals surface area contributed by atoms with E-state index in [1.807, 2.05) is 6.07 Å². The lowest BCUT2D eigenvalue weighted by Gasteiger charge is -2.27. The number of hydrogen-bond donors (Lipinski definition) is 2. The Morgan fingerprint density at radius 1 is 1.23 bits per heavy atom. The van der Waals surface area contributed by atoms with Gasteiger partial charge in [0.15, 0.2) is 11.5 Å². The third-order valence-electron chi connectivity index (χ3n) is 4.19. The van der Waals surface area contributed by atoms with Crippen LogP contribution in [-0.2, 0) is 0 Å². The largest absolute Gasteiger partial charge is 0.490 e. The molecule has 0 amide bonds. The summed E-state index contributed by atoms with van der Waals surface area (Å²) >= 11 is 0. The Labute approximate surface area is 148 Å². The smallest absolute Gasteiger partial charge is 0.158 e. The molecule has 4 rings (SSSR count). The first kappa shape index (κ1) is 16.0. The van der Waals surface area contributed by atoms with Crippen molar-refractivity contribution in [1.82, 2.24) is 20.2 Å². The van der Waals surface area contributed by atoms with E-state index in [4.69, 9.17) is 10.00 Å². The zero-order chi connectivity index (χ0) is 17.9. The fraction of sp³-hybridized carbons (Fsp3) is 0.222. The molecule has 0 aliphatic heterocycles. The highest BCUT2D eigenvalue weighted by Gasteiger charge is 2.22. The normalized spacial score (nSPS) is 13.7. The topological polar surface area (TPSA) is 99.5 Å². The first-order chi connectivity index (χ1) is 12.7. The van der Waals surface area contributed by atoms with Gasteiger partial charge in [-0.05, 0) is 31.4 Å². The number of halogens is 1. The number of nitrogens with zero attached hydrogens (tertiary/aromatic N) is 4. The van der Waals surface area contributed by atoms with Crippen molar-refractivity contribution in [3.05, 3.63) is 48.2 Å². The molecular weight excluding hydrogens is 335 g/mol. The van der Waals surface area contributed by atoms with E-state index in [0.29, 0.717) is 28.6 Å². The van der Waals surface area contributed by atoms with Crippen LogP contribution in [0.15, 0.2) is 36.7 Å². The Morgan fingerprint density at radius 3 is 2.81 bits per heavy atom. The first-order valence-electron chi connectivity index (χ1n) is 8.23. The standard InChI is InChI=1S/C18H15FN6O/c19-13-5-2-6-15(26-12-3-1-4-12)18(13)14-7-16(25-24-14)23-17-10-21-11(8-20)9-22-17/h2,5-7,9-10,12H,1,3-4H2,(H2,22,23,24,25). The van der Waals surface area contributed by atoms with Gasteiger partial charge in [0.1, 0.15) is 23.5 Å². The second-order valence-corrected chi connectivity index (χ2v) is 5.97. The zero-order valence-corrected chi connectivity index (χ0v) is 13.7. The molecule has 26 heavy (non-hydrogen) atoms. The lowest BCUT2D eigenvalue weighted by molar-refractivity contribution is 0.120. The molecule has 0 atom stereocenters. The molecule has 1 fully saturated rings. The number of nitriles is 1. The highest BCUT2D eigenvalue weighted by Crippen LogP contribution is 2.35. The van der Waals surface area contributed by atoms with Crippen LogP contribution in [0, 0.1) is 17.1 Å². The van der Waals surface area contributed by atoms with Crippen LogP contribution in [0.5, 0.6) is 5.75 Å². The summed E-state index contributed by atoms with van der Waals surface area (Å²) < 4.78 is 20.3. The van der Waals surface area contributed by atoms with Gasteiger partial charge in [0.05, 0.1) is 29.8 Å². The van der Waals surface area contributed by atoms with Gasteiger partial charge in [0.25, 0.3) is 0 Å². The van der Waals surface area contributed by atoms with Crippen LogP contribution in [0.1, 0.15) is 25.0 Å². The van der Waals surface area contributed by atoms with Crippen LogP contribution in [-0.4, -0.2) is 26.3 Å². The number of benzene rings is 1. The van der Waals surface area contributed by atoms with Crippen molar-refractivity contribution in [2.45, 2.75) is 25.4 Å². The summed E-state index contributed by atoms with van der Waals surface area (Å²) in [7, 11) is 0. The van der Waals surface area contributed by atoms with E-state index >= 15 is 0 Å². The molecule has 130 valence electrons. The molecule has 2 N–H and O–H groups in total. The van der Waals surface area contributed by atoms with Gasteiger partial charge in [0, 0.05) is 6.07 Å². The van der Waals surface area contributed by atoms with E-state index in [9.17, 15) is 4.39 Å². The number of ether oxygens (including phenoxy) is 1. The lowest BCUT2D eigenvalue weighted by Crippen LogP contribution is -2.24. The van der Waals surface area contributed by atoms with Crippen molar-refractivity contribution in [3.63, 3.8) is 0 Å². The SMILES string of the molecule is N#Cc1cnc(Nc2cc(-c3c(F)cccc3OC3CCC3)[nH]n2)cn1. The van der Waals surface area contributed by atoms with Gasteiger partial charge < -0.3 is 10.1 Å². The highest BCUT2D eigenvalue weighted by atomic mass is 19.1. The van der Waals surface area contributed by atoms with Crippen molar-refractivity contribution in [3.8, 4) is 23.1 Å². The van der Waals surface area contributed by atoms with Crippen molar-refractivity contribution >= 4 is 11.6 Å². The molecule has 2 heterocycles. The Bertz CT molecular complexity index is 959. The van der Waals surface area contributed by atoms with E-state index in [1.165, 1.54) is 18.5 Å². The highest BCUT2D eigenvalue weighted by molar-refractivity contribution is 5.71. The molecule has 8 heteroatoms. The minimum Gasteiger partial charge on any atom is -0.490 e. The predicted molar refractivity (Wildman–Crippen MR) is 92.3 cm³/mol. The third kappa shape index (κ3) is 3.19. The molecule has 3 aromatic rings. The van der Waals surface area contributed by atoms with Crippen LogP contribution in [0.4, 0.5) is 16.0 Å². The fourth-order valence-corrected chi connectivity index (χ4v) is 2.63. The molecule has 0 spiro atoms. The van der Waals surface area contributed by atoms with Gasteiger partial charge in [-0.1, -0.05) is 6.07 Å². The molecular formula is C18H15FN6O. The maximum absolute atomic E-state index is 14.4. The Balaban J connectivity index is 1.58. The van der Waals surface area contributed by atoms with Crippen LogP contribution in [0.3, 0.4) is 0 Å². The van der Waals surface area contributed by atoms with Crippen molar-refractivity contribution < 1.29 is 9.13 Å². The molecule has 1 saturated carbocycles. The third-order valence-corrected chi connectivity index (χ3v) is 4.19. The number of rotatable bonds is 5. The van der Waals surface area contributed by atoms with Gasteiger partial charge in [-0.25, -0.2) is 14.4 Å². The van der Waals surface area contributed by atoms with E-state index in [2.05, 4.69) is 25.5 Å². The van der Waals surface area contributed by atoms with Gasteiger partial charge in [-0.2, -0.15) is 10.4 Å². The Kier molecular flexibility index (Phi) is 4.19. The summed E-state index contributed by atoms with van der Waals surface area (Å²) in [5.41, 5.74) is 1.08. The molecule has 2 aromatic heterocycles. The van der Waals surface area contributed by atoms with Crippen molar-refractivity contribution in [2.75, 3.05) is 5.32 Å². The Morgan fingerprint density at radius 2 is 2.12 bits per heavy atom. The number of anilines is 2. The monoisotopic (exact) mass is 350 g/mol. The molecule has 1 aliphatic carbocycles. The maximum atomic E-state index is 14.4. The summed E-state index contributed by atoms with van der Waals surface area (Å²) in [6.45, 7) is 0. The summed E-state index contributed by atoms with van der Waals surface area (Å²) in [4.78, 5) is 8.00. The van der Waals surface area contributed by atoms with Crippen molar-refractivity contribution in [1.29, 1.82) is 5.26 Å². The van der Waals surface area contributed by atoms with Gasteiger partial charge in [0.2, 0.25) is 0 Å². The molecule has 0 saturated heterocycles. The average molecular weight is 350 g/mol. The van der Waals surface area contributed by atoms with E-state index in [-0.39, 0.29) is 17.6 Å². The average Bonchev–Trinajstić information content (AvgIpc) is 3.07. The number of H-pyrrole nitrogens is 1. The second-order valence-electron chi connectivity index (χ2n) is 5.97. The van der Waals surface area contributed by atoms with Crippen LogP contribution in [0.2, 0.25) is 0 Å². The van der Waals surface area contributed by atoms with Crippen molar-refractivity contribution in [2.24, 2.45) is 0 Å². The predicted octanol–water partition coefficient (Wildman–Crippen LogP) is 3.55. The summed E-state index contributed by atoms with van der Waals surface area (Å²) in [5, 5.41) is 18.7. The van der Waals surface area contributed by atoms with E-state index in [1.54, 1.807) is 18.2 Å². The van der Waals surface area contributed by atoms with E-state index in [0.717, 1.165) is 19.3 Å². The minimum absolute atomic E-state index is 0.144. The molecule has 1 aliphatic rings. The van der Waals surface area contributed by atoms with Crippen LogP contribution in [0.25, 0.3) is 11.3 Å². The molecule has 7 nitrogen and oxygen atoms in total. The molecule has 0 radical (unpaired) electrons. The lowest BCUT2D eigenvalue weighted by atomic mass is 9.96. The number of nitrogens with one attached hydrogen (secondary N) is 2. The first-order valence-corrected chi connectivity index (χ1v) is 8.23. The van der Waals surface area contributed by atoms with Gasteiger partial charge in [-0.15, -0.1) is 0 Å². The van der Waals surface area contributed by atoms with Crippen LogP contribution < -0.4 is 10.1 Å². The van der Waals surface area contributed by atoms with Gasteiger partial charge >= 0.3 is 0 Å². The number of aromatic amines is 1. The minimum atomic E-state index is -0.379. The molecule has 0 unspecified atom stereocenters. The summed E-state index contributed by atoms with van der Waals surface area (Å²) in [5.74, 6) is 1.01. The number of aromatic nitrogens is 4. The molecule has 0 bridgehead atoms. The molecule has 1 aromatic carbocycles.